The summed E-state index contributed by atoms with van der Waals surface area (Å²) in [5.74, 6) is -2.67. The van der Waals surface area contributed by atoms with Crippen LogP contribution in [0.4, 0.5) is 5.69 Å². The molecule has 0 aliphatic rings. The first-order valence-corrected chi connectivity index (χ1v) is 6.41. The zero-order valence-corrected chi connectivity index (χ0v) is 12.2. The lowest BCUT2D eigenvalue weighted by Gasteiger charge is -2.07. The molecule has 0 saturated heterocycles. The molecular formula is C13H15N3O7. The minimum atomic E-state index is -1.40. The normalized spacial score (nSPS) is 9.96. The number of carboxylic acid groups (broad SMARTS) is 1. The highest BCUT2D eigenvalue weighted by molar-refractivity contribution is 5.99. The first-order chi connectivity index (χ1) is 10.8. The monoisotopic (exact) mass is 325 g/mol. The van der Waals surface area contributed by atoms with Gasteiger partial charge in [-0.05, 0) is 6.07 Å². The summed E-state index contributed by atoms with van der Waals surface area (Å²) in [4.78, 5) is 44.2. The summed E-state index contributed by atoms with van der Waals surface area (Å²) in [7, 11) is 1.47. The lowest BCUT2D eigenvalue weighted by molar-refractivity contribution is -0.384. The molecule has 0 heterocycles. The summed E-state index contributed by atoms with van der Waals surface area (Å²) in [5.41, 5.74) is -1.14. The molecule has 0 aromatic heterocycles. The number of carboxylic acids is 1. The van der Waals surface area contributed by atoms with E-state index in [0.717, 1.165) is 18.2 Å². The number of methoxy groups -OCH3 is 1. The Morgan fingerprint density at radius 2 is 1.87 bits per heavy atom. The van der Waals surface area contributed by atoms with Gasteiger partial charge in [0, 0.05) is 31.4 Å². The summed E-state index contributed by atoms with van der Waals surface area (Å²) in [5, 5.41) is 24.4. The zero-order chi connectivity index (χ0) is 17.4. The van der Waals surface area contributed by atoms with Crippen LogP contribution in [0.15, 0.2) is 18.2 Å². The summed E-state index contributed by atoms with van der Waals surface area (Å²) in [6, 6.07) is 2.77. The van der Waals surface area contributed by atoms with Crippen molar-refractivity contribution in [2.45, 2.75) is 0 Å². The molecule has 124 valence electrons. The van der Waals surface area contributed by atoms with Gasteiger partial charge in [-0.1, -0.05) is 0 Å². The molecule has 1 aromatic carbocycles. The largest absolute Gasteiger partial charge is 0.478 e. The van der Waals surface area contributed by atoms with E-state index >= 15 is 0 Å². The van der Waals surface area contributed by atoms with E-state index in [2.05, 4.69) is 10.6 Å². The third kappa shape index (κ3) is 5.71. The molecule has 2 amide bonds. The lowest BCUT2D eigenvalue weighted by Crippen LogP contribution is -2.38. The minimum absolute atomic E-state index is 0.221. The van der Waals surface area contributed by atoms with Gasteiger partial charge in [-0.2, -0.15) is 0 Å². The summed E-state index contributed by atoms with van der Waals surface area (Å²) < 4.78 is 4.74. The average molecular weight is 325 g/mol. The molecule has 1 aromatic rings. The summed E-state index contributed by atoms with van der Waals surface area (Å²) in [6.07, 6.45) is 0. The zero-order valence-electron chi connectivity index (χ0n) is 12.2. The average Bonchev–Trinajstić information content (AvgIpc) is 2.52. The quantitative estimate of drug-likeness (QED) is 0.340. The summed E-state index contributed by atoms with van der Waals surface area (Å²) in [6.45, 7) is 0.228. The van der Waals surface area contributed by atoms with Crippen LogP contribution in [-0.2, 0) is 9.53 Å². The van der Waals surface area contributed by atoms with Crippen molar-refractivity contribution >= 4 is 23.5 Å². The van der Waals surface area contributed by atoms with Crippen molar-refractivity contribution in [2.75, 3.05) is 26.8 Å². The fraction of sp³-hybridized carbons (Fsp3) is 0.308. The number of rotatable bonds is 8. The van der Waals surface area contributed by atoms with E-state index in [9.17, 15) is 24.5 Å². The second-order valence-electron chi connectivity index (χ2n) is 4.36. The smallest absolute Gasteiger partial charge is 0.335 e. The maximum Gasteiger partial charge on any atom is 0.335 e. The molecule has 3 N–H and O–H groups in total. The van der Waals surface area contributed by atoms with Crippen LogP contribution in [0.1, 0.15) is 20.7 Å². The number of non-ortho nitro benzene ring substituents is 1. The number of carbonyl (C=O) groups is 3. The Hall–Kier alpha value is -3.01. The molecule has 0 aliphatic heterocycles. The number of hydrogen-bond donors (Lipinski definition) is 3. The number of carbonyl (C=O) groups excluding carboxylic acids is 2. The molecule has 0 atom stereocenters. The van der Waals surface area contributed by atoms with Gasteiger partial charge in [-0.25, -0.2) is 4.79 Å². The van der Waals surface area contributed by atoms with E-state index in [-0.39, 0.29) is 18.7 Å². The van der Waals surface area contributed by atoms with Gasteiger partial charge in [-0.15, -0.1) is 0 Å². The highest BCUT2D eigenvalue weighted by Gasteiger charge is 2.17. The predicted octanol–water partition coefficient (Wildman–Crippen LogP) is -0.215. The molecule has 0 fully saturated rings. The van der Waals surface area contributed by atoms with Gasteiger partial charge in [0.15, 0.2) is 0 Å². The first-order valence-electron chi connectivity index (χ1n) is 6.41. The van der Waals surface area contributed by atoms with E-state index < -0.39 is 34.0 Å². The van der Waals surface area contributed by atoms with Crippen LogP contribution in [0, 0.1) is 10.1 Å². The number of benzene rings is 1. The van der Waals surface area contributed by atoms with Crippen LogP contribution >= 0.6 is 0 Å². The van der Waals surface area contributed by atoms with Crippen LogP contribution in [0.3, 0.4) is 0 Å². The van der Waals surface area contributed by atoms with Crippen molar-refractivity contribution in [3.63, 3.8) is 0 Å². The van der Waals surface area contributed by atoms with Crippen LogP contribution in [0.2, 0.25) is 0 Å². The molecule has 10 nitrogen and oxygen atoms in total. The van der Waals surface area contributed by atoms with Gasteiger partial charge in [0.1, 0.15) is 0 Å². The molecule has 10 heteroatoms. The Morgan fingerprint density at radius 1 is 1.22 bits per heavy atom. The molecule has 0 unspecified atom stereocenters. The molecule has 1 rings (SSSR count). The summed E-state index contributed by atoms with van der Waals surface area (Å²) >= 11 is 0. The highest BCUT2D eigenvalue weighted by atomic mass is 16.6. The van der Waals surface area contributed by atoms with Crippen molar-refractivity contribution in [3.8, 4) is 0 Å². The number of hydrogen-bond acceptors (Lipinski definition) is 6. The standard InChI is InChI=1S/C13H15N3O7/c1-23-3-2-14-11(17)7-15-12(18)8-4-9(13(19)20)6-10(5-8)16(21)22/h4-6H,2-3,7H2,1H3,(H,14,17)(H,15,18)(H,19,20). The minimum Gasteiger partial charge on any atom is -0.478 e. The fourth-order valence-electron chi connectivity index (χ4n) is 1.59. The van der Waals surface area contributed by atoms with Crippen LogP contribution in [-0.4, -0.2) is 54.6 Å². The van der Waals surface area contributed by atoms with Crippen molar-refractivity contribution in [2.24, 2.45) is 0 Å². The van der Waals surface area contributed by atoms with Gasteiger partial charge in [0.25, 0.3) is 11.6 Å². The van der Waals surface area contributed by atoms with Crippen molar-refractivity contribution in [3.05, 3.63) is 39.4 Å². The Kier molecular flexibility index (Phi) is 6.62. The van der Waals surface area contributed by atoms with E-state index in [1.54, 1.807) is 0 Å². The maximum atomic E-state index is 11.9. The Labute approximate surface area is 130 Å². The number of nitro groups is 1. The van der Waals surface area contributed by atoms with E-state index in [0.29, 0.717) is 6.61 Å². The molecule has 0 bridgehead atoms. The van der Waals surface area contributed by atoms with Gasteiger partial charge in [0.2, 0.25) is 5.91 Å². The molecule has 23 heavy (non-hydrogen) atoms. The number of nitro benzene ring substituents is 1. The first kappa shape index (κ1) is 18.0. The Bertz CT molecular complexity index is 598. The van der Waals surface area contributed by atoms with E-state index in [1.165, 1.54) is 7.11 Å². The topological polar surface area (TPSA) is 148 Å². The van der Waals surface area contributed by atoms with Crippen molar-refractivity contribution in [1.29, 1.82) is 0 Å². The number of aromatic carboxylic acids is 1. The number of nitrogens with one attached hydrogen (secondary N) is 2. The third-order valence-corrected chi connectivity index (χ3v) is 2.68. The van der Waals surface area contributed by atoms with Crippen LogP contribution < -0.4 is 10.6 Å². The van der Waals surface area contributed by atoms with Gasteiger partial charge in [0.05, 0.1) is 23.6 Å². The van der Waals surface area contributed by atoms with Crippen LogP contribution in [0.25, 0.3) is 0 Å². The number of amides is 2. The molecule has 0 saturated carbocycles. The van der Waals surface area contributed by atoms with Crippen molar-refractivity contribution in [1.82, 2.24) is 10.6 Å². The number of ether oxygens (including phenoxy) is 1. The second kappa shape index (κ2) is 8.44. The van der Waals surface area contributed by atoms with Gasteiger partial charge < -0.3 is 20.5 Å². The van der Waals surface area contributed by atoms with Gasteiger partial charge in [-0.3, -0.25) is 19.7 Å². The molecule has 0 spiro atoms. The maximum absolute atomic E-state index is 11.9. The molecular weight excluding hydrogens is 310 g/mol. The Morgan fingerprint density at radius 3 is 2.43 bits per heavy atom. The lowest BCUT2D eigenvalue weighted by atomic mass is 10.1. The predicted molar refractivity (Wildman–Crippen MR) is 77.3 cm³/mol. The van der Waals surface area contributed by atoms with Gasteiger partial charge >= 0.3 is 5.97 Å². The SMILES string of the molecule is COCCNC(=O)CNC(=O)c1cc(C(=O)O)cc([N+](=O)[O-])c1. The van der Waals surface area contributed by atoms with E-state index in [4.69, 9.17) is 9.84 Å². The van der Waals surface area contributed by atoms with Crippen molar-refractivity contribution < 1.29 is 29.2 Å². The second-order valence-corrected chi connectivity index (χ2v) is 4.36. The van der Waals surface area contributed by atoms with E-state index in [1.807, 2.05) is 0 Å². The Balaban J connectivity index is 2.77. The highest BCUT2D eigenvalue weighted by Crippen LogP contribution is 2.17. The molecule has 0 aliphatic carbocycles. The third-order valence-electron chi connectivity index (χ3n) is 2.68. The fourth-order valence-corrected chi connectivity index (χ4v) is 1.59. The molecule has 0 radical (unpaired) electrons. The number of nitrogens with zero attached hydrogens (tertiary/aromatic N) is 1. The van der Waals surface area contributed by atoms with Crippen LogP contribution in [0.5, 0.6) is 0 Å².